The summed E-state index contributed by atoms with van der Waals surface area (Å²) in [4.78, 5) is 13.7. The number of hydrogen-bond acceptors (Lipinski definition) is 5. The number of aliphatic hydroxyl groups is 2. The molecular weight excluding hydrogens is 325 g/mol. The highest BCUT2D eigenvalue weighted by atomic mass is 19.1. The van der Waals surface area contributed by atoms with Crippen LogP contribution in [0.5, 0.6) is 5.75 Å². The van der Waals surface area contributed by atoms with Crippen molar-refractivity contribution >= 4 is 5.78 Å². The van der Waals surface area contributed by atoms with Gasteiger partial charge in [-0.25, -0.2) is 4.39 Å². The molecule has 1 aromatic rings. The number of rotatable bonds is 3. The van der Waals surface area contributed by atoms with Gasteiger partial charge in [0.2, 0.25) is 0 Å². The fourth-order valence-electron chi connectivity index (χ4n) is 6.49. The first kappa shape index (κ1) is 15.7. The Morgan fingerprint density at radius 1 is 1.20 bits per heavy atom. The molecule has 134 valence electrons. The second kappa shape index (κ2) is 5.02. The first-order valence-electron chi connectivity index (χ1n) is 9.02. The Morgan fingerprint density at radius 2 is 1.96 bits per heavy atom. The van der Waals surface area contributed by atoms with E-state index in [9.17, 15) is 24.5 Å². The van der Waals surface area contributed by atoms with E-state index in [1.54, 1.807) is 0 Å². The third-order valence-corrected chi connectivity index (χ3v) is 7.31. The number of Topliss-reactive ketones (excluding diaryl/α,β-unsaturated/α-hetero) is 1. The number of aromatic hydroxyl groups is 1. The van der Waals surface area contributed by atoms with E-state index in [2.05, 4.69) is 4.90 Å². The molecular formula is C19H22FNO4. The van der Waals surface area contributed by atoms with Crippen molar-refractivity contribution in [1.29, 1.82) is 0 Å². The Bertz CT molecular complexity index is 768. The molecule has 3 N–H and O–H groups in total. The average molecular weight is 347 g/mol. The molecule has 1 saturated heterocycles. The van der Waals surface area contributed by atoms with E-state index in [4.69, 9.17) is 0 Å². The Kier molecular flexibility index (Phi) is 3.16. The van der Waals surface area contributed by atoms with E-state index < -0.39 is 18.0 Å². The number of carbonyl (C=O) groups is 1. The van der Waals surface area contributed by atoms with Crippen molar-refractivity contribution in [2.75, 3.05) is 0 Å². The predicted molar refractivity (Wildman–Crippen MR) is 86.4 cm³/mol. The molecule has 6 heteroatoms. The molecule has 4 bridgehead atoms. The summed E-state index contributed by atoms with van der Waals surface area (Å²) in [5.74, 6) is 0.0129. The van der Waals surface area contributed by atoms with Crippen molar-refractivity contribution in [2.24, 2.45) is 23.7 Å². The number of benzene rings is 1. The molecule has 1 aromatic carbocycles. The summed E-state index contributed by atoms with van der Waals surface area (Å²) in [6.07, 6.45) is 0.935. The normalized spacial score (nSPS) is 44.0. The molecule has 8 atom stereocenters. The molecule has 25 heavy (non-hydrogen) atoms. The highest BCUT2D eigenvalue weighted by Gasteiger charge is 2.69. The lowest BCUT2D eigenvalue weighted by molar-refractivity contribution is -0.102. The minimum atomic E-state index is -0.561. The Labute approximate surface area is 145 Å². The van der Waals surface area contributed by atoms with Crippen molar-refractivity contribution in [3.63, 3.8) is 0 Å². The molecule has 3 saturated carbocycles. The highest BCUT2D eigenvalue weighted by Crippen LogP contribution is 2.64. The minimum Gasteiger partial charge on any atom is -0.507 e. The van der Waals surface area contributed by atoms with E-state index in [1.807, 2.05) is 0 Å². The largest absolute Gasteiger partial charge is 0.507 e. The second-order valence-corrected chi connectivity index (χ2v) is 8.27. The van der Waals surface area contributed by atoms with Crippen LogP contribution in [0.15, 0.2) is 12.1 Å². The van der Waals surface area contributed by atoms with Gasteiger partial charge in [-0.1, -0.05) is 0 Å². The van der Waals surface area contributed by atoms with Gasteiger partial charge in [-0.05, 0) is 55.6 Å². The molecule has 4 aliphatic rings. The van der Waals surface area contributed by atoms with Gasteiger partial charge >= 0.3 is 0 Å². The van der Waals surface area contributed by atoms with E-state index >= 15 is 0 Å². The van der Waals surface area contributed by atoms with Crippen LogP contribution >= 0.6 is 0 Å². The summed E-state index contributed by atoms with van der Waals surface area (Å²) in [7, 11) is 0. The van der Waals surface area contributed by atoms with Gasteiger partial charge in [-0.15, -0.1) is 0 Å². The van der Waals surface area contributed by atoms with Gasteiger partial charge in [-0.2, -0.15) is 0 Å². The van der Waals surface area contributed by atoms with Crippen LogP contribution < -0.4 is 0 Å². The molecule has 5 nitrogen and oxygen atoms in total. The van der Waals surface area contributed by atoms with Crippen LogP contribution in [0.1, 0.15) is 35.7 Å². The van der Waals surface area contributed by atoms with Crippen LogP contribution in [0.25, 0.3) is 0 Å². The lowest BCUT2D eigenvalue weighted by Gasteiger charge is -2.48. The summed E-state index contributed by atoms with van der Waals surface area (Å²) >= 11 is 0. The Hall–Kier alpha value is -1.50. The fourth-order valence-corrected chi connectivity index (χ4v) is 6.49. The maximum Gasteiger partial charge on any atom is 0.163 e. The number of piperidine rings is 1. The van der Waals surface area contributed by atoms with Crippen LogP contribution in [0, 0.1) is 29.5 Å². The van der Waals surface area contributed by atoms with Crippen molar-refractivity contribution in [3.8, 4) is 5.75 Å². The third kappa shape index (κ3) is 1.90. The lowest BCUT2D eigenvalue weighted by atomic mass is 9.75. The third-order valence-electron chi connectivity index (χ3n) is 7.31. The number of ketones is 1. The summed E-state index contributed by atoms with van der Waals surface area (Å²) in [5.41, 5.74) is 0.321. The van der Waals surface area contributed by atoms with Crippen LogP contribution in [-0.4, -0.2) is 50.3 Å². The van der Waals surface area contributed by atoms with E-state index in [1.165, 1.54) is 13.0 Å². The highest BCUT2D eigenvalue weighted by molar-refractivity contribution is 5.97. The Morgan fingerprint density at radius 3 is 2.68 bits per heavy atom. The molecule has 1 aliphatic heterocycles. The van der Waals surface area contributed by atoms with Gasteiger partial charge in [-0.3, -0.25) is 9.69 Å². The van der Waals surface area contributed by atoms with Gasteiger partial charge in [0.1, 0.15) is 11.6 Å². The fraction of sp³-hybridized carbons (Fsp3) is 0.632. The molecule has 0 radical (unpaired) electrons. The molecule has 1 heterocycles. The number of carbonyl (C=O) groups excluding carboxylic acids is 1. The van der Waals surface area contributed by atoms with Crippen molar-refractivity contribution < 1.29 is 24.5 Å². The smallest absolute Gasteiger partial charge is 0.163 e. The SMILES string of the molecule is CC(=O)c1cc(F)cc(CN2[C@@H]3[C@@H](O)[C@@H]4C[C@H]3[C@H]3[C@H](O)[C@@H]2C[C@H]43)c1O. The van der Waals surface area contributed by atoms with E-state index in [0.29, 0.717) is 11.5 Å². The van der Waals surface area contributed by atoms with Crippen molar-refractivity contribution in [1.82, 2.24) is 4.90 Å². The van der Waals surface area contributed by atoms with Gasteiger partial charge < -0.3 is 15.3 Å². The second-order valence-electron chi connectivity index (χ2n) is 8.27. The molecule has 4 fully saturated rings. The van der Waals surface area contributed by atoms with E-state index in [0.717, 1.165) is 18.9 Å². The predicted octanol–water partition coefficient (Wildman–Crippen LogP) is 1.29. The summed E-state index contributed by atoms with van der Waals surface area (Å²) in [6.45, 7) is 1.53. The summed E-state index contributed by atoms with van der Waals surface area (Å²) < 4.78 is 14.0. The zero-order valence-corrected chi connectivity index (χ0v) is 14.0. The topological polar surface area (TPSA) is 81.0 Å². The van der Waals surface area contributed by atoms with Gasteiger partial charge in [0.05, 0.1) is 17.8 Å². The zero-order chi connectivity index (χ0) is 17.6. The molecule has 0 spiro atoms. The molecule has 0 aromatic heterocycles. The number of phenolic OH excluding ortho intramolecular Hbond substituents is 1. The number of hydrogen-bond donors (Lipinski definition) is 3. The standard InChI is InChI=1S/C19H22FNO4/c1-7(22)10-3-9(20)2-8(17(10)23)6-21-14-5-11-12-4-13(15(11)19(14)25)16(21)18(12)24/h2-3,11-16,18-19,23-25H,4-6H2,1H3/t11-,12-,13+,14+,15+,16+,18+,19-/m1/s1. The monoisotopic (exact) mass is 347 g/mol. The maximum absolute atomic E-state index is 14.0. The number of aliphatic hydroxyl groups excluding tert-OH is 2. The number of nitrogens with zero attached hydrogens (tertiary/aromatic N) is 1. The van der Waals surface area contributed by atoms with Crippen LogP contribution in [-0.2, 0) is 6.54 Å². The number of likely N-dealkylation sites (tertiary alicyclic amines) is 1. The minimum absolute atomic E-state index is 0.0222. The number of halogens is 1. The molecule has 0 amide bonds. The Balaban J connectivity index is 1.54. The summed E-state index contributed by atoms with van der Waals surface area (Å²) in [5, 5.41) is 31.9. The number of phenols is 1. The van der Waals surface area contributed by atoms with Crippen molar-refractivity contribution in [3.05, 3.63) is 29.1 Å². The zero-order valence-electron chi connectivity index (χ0n) is 14.0. The first-order valence-corrected chi connectivity index (χ1v) is 9.02. The van der Waals surface area contributed by atoms with Gasteiger partial charge in [0.25, 0.3) is 0 Å². The van der Waals surface area contributed by atoms with Gasteiger partial charge in [0, 0.05) is 24.2 Å². The first-order chi connectivity index (χ1) is 11.9. The quantitative estimate of drug-likeness (QED) is 0.718. The molecule has 3 aliphatic carbocycles. The molecule has 5 rings (SSSR count). The summed E-state index contributed by atoms with van der Waals surface area (Å²) in [6, 6.07) is 2.18. The van der Waals surface area contributed by atoms with Crippen LogP contribution in [0.4, 0.5) is 4.39 Å². The van der Waals surface area contributed by atoms with E-state index in [-0.39, 0.29) is 53.5 Å². The number of fused-ring (bicyclic) bond motifs is 3. The van der Waals surface area contributed by atoms with Gasteiger partial charge in [0.15, 0.2) is 5.78 Å². The van der Waals surface area contributed by atoms with Crippen LogP contribution in [0.2, 0.25) is 0 Å². The maximum atomic E-state index is 14.0. The van der Waals surface area contributed by atoms with Crippen molar-refractivity contribution in [2.45, 2.75) is 50.6 Å². The molecule has 0 unspecified atom stereocenters. The van der Waals surface area contributed by atoms with Crippen LogP contribution in [0.3, 0.4) is 0 Å². The lowest BCUT2D eigenvalue weighted by Crippen LogP contribution is -2.60. The average Bonchev–Trinajstić information content (AvgIpc) is 3.12.